The van der Waals surface area contributed by atoms with Gasteiger partial charge in [-0.1, -0.05) is 0 Å². The highest BCUT2D eigenvalue weighted by atomic mass is 35.5. The van der Waals surface area contributed by atoms with Gasteiger partial charge in [0.2, 0.25) is 0 Å². The summed E-state index contributed by atoms with van der Waals surface area (Å²) < 4.78 is 0. The average molecular weight is 235 g/mol. The molecule has 0 amide bonds. The zero-order valence-corrected chi connectivity index (χ0v) is 8.54. The Morgan fingerprint density at radius 3 is 1.38 bits per heavy atom. The quantitative estimate of drug-likeness (QED) is 0.332. The number of aliphatic hydroxyl groups excluding tert-OH is 3. The molecule has 7 heteroatoms. The van der Waals surface area contributed by atoms with E-state index in [2.05, 4.69) is 0 Å². The van der Waals surface area contributed by atoms with Crippen molar-refractivity contribution in [2.45, 2.75) is 36.8 Å². The fourth-order valence-corrected chi connectivity index (χ4v) is 1.30. The van der Waals surface area contributed by atoms with Crippen LogP contribution in [0.3, 0.4) is 0 Å². The van der Waals surface area contributed by atoms with Crippen LogP contribution in [0.1, 0.15) is 6.42 Å². The van der Waals surface area contributed by atoms with Crippen LogP contribution in [0.5, 0.6) is 0 Å². The fourth-order valence-electron chi connectivity index (χ4n) is 1.30. The SMILES string of the molecule is Cl.Cl.N[C@@H]1C[C@H](N)[C@@H](O)C(O)[C@H]1O. The van der Waals surface area contributed by atoms with Crippen molar-refractivity contribution in [1.29, 1.82) is 0 Å². The minimum Gasteiger partial charge on any atom is -0.389 e. The van der Waals surface area contributed by atoms with Crippen LogP contribution in [0.4, 0.5) is 0 Å². The first kappa shape index (κ1) is 15.8. The Labute approximate surface area is 88.9 Å². The molecule has 0 aromatic heterocycles. The summed E-state index contributed by atoms with van der Waals surface area (Å²) in [5.41, 5.74) is 10.8. The van der Waals surface area contributed by atoms with E-state index in [-0.39, 0.29) is 24.8 Å². The molecule has 13 heavy (non-hydrogen) atoms. The number of hydrogen-bond donors (Lipinski definition) is 5. The molecule has 0 aromatic rings. The van der Waals surface area contributed by atoms with Crippen LogP contribution < -0.4 is 11.5 Å². The van der Waals surface area contributed by atoms with Gasteiger partial charge in [-0.3, -0.25) is 0 Å². The van der Waals surface area contributed by atoms with Crippen molar-refractivity contribution in [3.63, 3.8) is 0 Å². The van der Waals surface area contributed by atoms with Gasteiger partial charge >= 0.3 is 0 Å². The number of hydrogen-bond acceptors (Lipinski definition) is 5. The largest absolute Gasteiger partial charge is 0.389 e. The molecule has 1 rings (SSSR count). The first-order valence-corrected chi connectivity index (χ1v) is 3.59. The molecule has 1 unspecified atom stereocenters. The topological polar surface area (TPSA) is 113 Å². The van der Waals surface area contributed by atoms with E-state index in [1.54, 1.807) is 0 Å². The van der Waals surface area contributed by atoms with Gasteiger partial charge in [0.05, 0.1) is 12.2 Å². The summed E-state index contributed by atoms with van der Waals surface area (Å²) in [7, 11) is 0. The average Bonchev–Trinajstić information content (AvgIpc) is 1.97. The normalized spacial score (nSPS) is 44.5. The van der Waals surface area contributed by atoms with E-state index >= 15 is 0 Å². The molecule has 0 heterocycles. The van der Waals surface area contributed by atoms with Crippen LogP contribution >= 0.6 is 24.8 Å². The minimum atomic E-state index is -1.21. The van der Waals surface area contributed by atoms with Gasteiger partial charge in [-0.2, -0.15) is 0 Å². The van der Waals surface area contributed by atoms with Crippen LogP contribution in [0.2, 0.25) is 0 Å². The summed E-state index contributed by atoms with van der Waals surface area (Å²) in [5, 5.41) is 27.4. The molecule has 5 atom stereocenters. The molecule has 0 aromatic carbocycles. The third-order valence-corrected chi connectivity index (χ3v) is 2.12. The monoisotopic (exact) mass is 234 g/mol. The lowest BCUT2D eigenvalue weighted by Gasteiger charge is -2.37. The summed E-state index contributed by atoms with van der Waals surface area (Å²) in [5.74, 6) is 0. The third kappa shape index (κ3) is 3.21. The Morgan fingerprint density at radius 2 is 1.08 bits per heavy atom. The number of nitrogens with two attached hydrogens (primary N) is 2. The summed E-state index contributed by atoms with van der Waals surface area (Å²) in [6.07, 6.45) is -3.01. The molecule has 1 fully saturated rings. The highest BCUT2D eigenvalue weighted by Gasteiger charge is 2.39. The van der Waals surface area contributed by atoms with Gasteiger partial charge in [-0.15, -0.1) is 24.8 Å². The van der Waals surface area contributed by atoms with Crippen LogP contribution in [0.15, 0.2) is 0 Å². The van der Waals surface area contributed by atoms with Gasteiger partial charge in [-0.25, -0.2) is 0 Å². The molecule has 1 aliphatic carbocycles. The predicted octanol–water partition coefficient (Wildman–Crippen LogP) is -2.03. The number of halogens is 2. The van der Waals surface area contributed by atoms with E-state index in [0.717, 1.165) is 0 Å². The highest BCUT2D eigenvalue weighted by molar-refractivity contribution is 5.85. The molecule has 0 aliphatic heterocycles. The Morgan fingerprint density at radius 1 is 0.769 bits per heavy atom. The van der Waals surface area contributed by atoms with Crippen molar-refractivity contribution >= 4 is 24.8 Å². The van der Waals surface area contributed by atoms with Crippen LogP contribution in [0.25, 0.3) is 0 Å². The maximum atomic E-state index is 9.14. The van der Waals surface area contributed by atoms with Gasteiger partial charge < -0.3 is 26.8 Å². The molecule has 1 saturated carbocycles. The van der Waals surface area contributed by atoms with Crippen molar-refractivity contribution in [2.24, 2.45) is 11.5 Å². The van der Waals surface area contributed by atoms with Gasteiger partial charge in [0.25, 0.3) is 0 Å². The number of rotatable bonds is 0. The zero-order valence-electron chi connectivity index (χ0n) is 6.91. The molecule has 1 aliphatic rings. The Kier molecular flexibility index (Phi) is 7.28. The standard InChI is InChI=1S/C6H14N2O3.2ClH/c7-2-1-3(8)5(10)6(11)4(2)9;;/h2-6,9-11H,1,7-8H2;2*1H/t2-,3+,4+,5-,6?;;. The molecule has 5 nitrogen and oxygen atoms in total. The van der Waals surface area contributed by atoms with Gasteiger partial charge in [-0.05, 0) is 6.42 Å². The van der Waals surface area contributed by atoms with E-state index in [1.807, 2.05) is 0 Å². The summed E-state index contributed by atoms with van der Waals surface area (Å²) >= 11 is 0. The van der Waals surface area contributed by atoms with E-state index in [1.165, 1.54) is 0 Å². The van der Waals surface area contributed by atoms with E-state index in [0.29, 0.717) is 6.42 Å². The molecule has 0 radical (unpaired) electrons. The van der Waals surface area contributed by atoms with E-state index in [4.69, 9.17) is 26.8 Å². The second-order valence-corrected chi connectivity index (χ2v) is 3.04. The first-order chi connectivity index (χ1) is 5.04. The molecule has 0 spiro atoms. The minimum absolute atomic E-state index is 0. The first-order valence-electron chi connectivity index (χ1n) is 3.59. The maximum Gasteiger partial charge on any atom is 0.109 e. The third-order valence-electron chi connectivity index (χ3n) is 2.12. The van der Waals surface area contributed by atoms with Crippen LogP contribution in [0, 0.1) is 0 Å². The lowest BCUT2D eigenvalue weighted by Crippen LogP contribution is -2.61. The maximum absolute atomic E-state index is 9.14. The predicted molar refractivity (Wildman–Crippen MR) is 53.1 cm³/mol. The van der Waals surface area contributed by atoms with Crippen molar-refractivity contribution in [1.82, 2.24) is 0 Å². The van der Waals surface area contributed by atoms with Crippen molar-refractivity contribution in [3.05, 3.63) is 0 Å². The Hall–Kier alpha value is 0.380. The lowest BCUT2D eigenvalue weighted by atomic mass is 9.85. The summed E-state index contributed by atoms with van der Waals surface area (Å²) in [4.78, 5) is 0. The Balaban J connectivity index is 0. The zero-order chi connectivity index (χ0) is 8.59. The molecular formula is C6H16Cl2N2O3. The molecule has 7 N–H and O–H groups in total. The lowest BCUT2D eigenvalue weighted by molar-refractivity contribution is -0.100. The fraction of sp³-hybridized carbons (Fsp3) is 1.00. The molecule has 0 bridgehead atoms. The highest BCUT2D eigenvalue weighted by Crippen LogP contribution is 2.17. The van der Waals surface area contributed by atoms with Gasteiger partial charge in [0, 0.05) is 12.1 Å². The second-order valence-electron chi connectivity index (χ2n) is 3.04. The van der Waals surface area contributed by atoms with E-state index < -0.39 is 30.4 Å². The van der Waals surface area contributed by atoms with E-state index in [9.17, 15) is 0 Å². The molecule has 0 saturated heterocycles. The van der Waals surface area contributed by atoms with Gasteiger partial charge in [0.1, 0.15) is 6.10 Å². The van der Waals surface area contributed by atoms with Crippen molar-refractivity contribution in [3.8, 4) is 0 Å². The Bertz CT molecular complexity index is 138. The van der Waals surface area contributed by atoms with Crippen molar-refractivity contribution in [2.75, 3.05) is 0 Å². The summed E-state index contributed by atoms with van der Waals surface area (Å²) in [6.45, 7) is 0. The molecular weight excluding hydrogens is 219 g/mol. The second kappa shape index (κ2) is 5.98. The number of aliphatic hydroxyl groups is 3. The molecule has 82 valence electrons. The van der Waals surface area contributed by atoms with Crippen molar-refractivity contribution < 1.29 is 15.3 Å². The summed E-state index contributed by atoms with van der Waals surface area (Å²) in [6, 6.07) is -1.08. The van der Waals surface area contributed by atoms with Crippen LogP contribution in [-0.2, 0) is 0 Å². The van der Waals surface area contributed by atoms with Crippen LogP contribution in [-0.4, -0.2) is 45.7 Å². The van der Waals surface area contributed by atoms with Gasteiger partial charge in [0.15, 0.2) is 0 Å². The smallest absolute Gasteiger partial charge is 0.109 e.